The van der Waals surface area contributed by atoms with Crippen molar-refractivity contribution in [2.75, 3.05) is 6.54 Å². The summed E-state index contributed by atoms with van der Waals surface area (Å²) in [6.07, 6.45) is -0.469. The molecule has 0 aliphatic rings. The third kappa shape index (κ3) is 11.0. The Bertz CT molecular complexity index is 1010. The molecule has 0 fully saturated rings. The van der Waals surface area contributed by atoms with E-state index in [1.54, 1.807) is 20.8 Å². The Balaban J connectivity index is 1.88. The Morgan fingerprint density at radius 3 is 2.03 bits per heavy atom. The van der Waals surface area contributed by atoms with Crippen LogP contribution >= 0.6 is 0 Å². The van der Waals surface area contributed by atoms with E-state index in [-0.39, 0.29) is 26.0 Å². The number of benzene rings is 2. The summed E-state index contributed by atoms with van der Waals surface area (Å²) in [4.78, 5) is 49.6. The number of amides is 3. The van der Waals surface area contributed by atoms with Crippen LogP contribution in [0.25, 0.3) is 0 Å². The third-order valence-corrected chi connectivity index (χ3v) is 4.89. The predicted molar refractivity (Wildman–Crippen MR) is 135 cm³/mol. The van der Waals surface area contributed by atoms with E-state index in [9.17, 15) is 19.2 Å². The van der Waals surface area contributed by atoms with Gasteiger partial charge in [-0.1, -0.05) is 60.7 Å². The molecular weight excluding hydrogens is 462 g/mol. The first-order chi connectivity index (χ1) is 17.0. The fraction of sp³-hybridized carbons (Fsp3) is 0.407. The van der Waals surface area contributed by atoms with E-state index >= 15 is 0 Å². The summed E-state index contributed by atoms with van der Waals surface area (Å²) >= 11 is 0. The quantitative estimate of drug-likeness (QED) is 0.410. The van der Waals surface area contributed by atoms with E-state index < -0.39 is 41.6 Å². The van der Waals surface area contributed by atoms with E-state index in [0.29, 0.717) is 0 Å². The summed E-state index contributed by atoms with van der Waals surface area (Å²) in [6.45, 7) is 6.90. The fourth-order valence-corrected chi connectivity index (χ4v) is 3.14. The molecule has 0 heterocycles. The molecule has 2 aromatic carbocycles. The van der Waals surface area contributed by atoms with Crippen LogP contribution in [-0.2, 0) is 36.9 Å². The average molecular weight is 498 g/mol. The topological polar surface area (TPSA) is 123 Å². The Morgan fingerprint density at radius 2 is 1.44 bits per heavy atom. The van der Waals surface area contributed by atoms with Crippen LogP contribution in [0.5, 0.6) is 0 Å². The first-order valence-electron chi connectivity index (χ1n) is 11.8. The number of carbonyl (C=O) groups is 4. The maximum atomic E-state index is 12.9. The molecule has 0 radical (unpaired) electrons. The molecule has 2 atom stereocenters. The van der Waals surface area contributed by atoms with Gasteiger partial charge in [0.25, 0.3) is 0 Å². The van der Waals surface area contributed by atoms with E-state index in [1.165, 1.54) is 6.92 Å². The molecule has 0 unspecified atom stereocenters. The van der Waals surface area contributed by atoms with Gasteiger partial charge in [0.2, 0.25) is 11.8 Å². The molecule has 2 rings (SSSR count). The molecule has 0 aliphatic carbocycles. The van der Waals surface area contributed by atoms with E-state index in [0.717, 1.165) is 11.1 Å². The van der Waals surface area contributed by atoms with Gasteiger partial charge in [-0.05, 0) is 38.8 Å². The van der Waals surface area contributed by atoms with Crippen molar-refractivity contribution in [2.45, 2.75) is 64.8 Å². The number of ether oxygens (including phenoxy) is 2. The highest BCUT2D eigenvalue weighted by atomic mass is 16.6. The van der Waals surface area contributed by atoms with Gasteiger partial charge < -0.3 is 25.4 Å². The van der Waals surface area contributed by atoms with Gasteiger partial charge in [-0.3, -0.25) is 9.59 Å². The van der Waals surface area contributed by atoms with Crippen LogP contribution in [0.4, 0.5) is 4.79 Å². The highest BCUT2D eigenvalue weighted by molar-refractivity contribution is 5.91. The number of esters is 1. The van der Waals surface area contributed by atoms with Gasteiger partial charge in [-0.2, -0.15) is 0 Å². The molecule has 194 valence electrons. The van der Waals surface area contributed by atoms with Crippen molar-refractivity contribution in [2.24, 2.45) is 0 Å². The summed E-state index contributed by atoms with van der Waals surface area (Å²) in [5.74, 6) is -1.51. The highest BCUT2D eigenvalue weighted by Crippen LogP contribution is 2.09. The van der Waals surface area contributed by atoms with Gasteiger partial charge in [0.05, 0.1) is 0 Å². The van der Waals surface area contributed by atoms with Gasteiger partial charge in [0.15, 0.2) is 0 Å². The second-order valence-corrected chi connectivity index (χ2v) is 9.31. The van der Waals surface area contributed by atoms with E-state index in [4.69, 9.17) is 9.47 Å². The molecule has 36 heavy (non-hydrogen) atoms. The molecule has 0 spiro atoms. The maximum Gasteiger partial charge on any atom is 0.407 e. The SMILES string of the molecule is C[C@H](NC(=O)[C@H](Cc1ccccc1)NC(=O)CCNC(=O)OCc1ccccc1)C(=O)OC(C)(C)C. The third-order valence-electron chi connectivity index (χ3n) is 4.89. The maximum absolute atomic E-state index is 12.9. The average Bonchev–Trinajstić information content (AvgIpc) is 2.82. The van der Waals surface area contributed by atoms with Crippen molar-refractivity contribution < 1.29 is 28.7 Å². The molecule has 3 N–H and O–H groups in total. The molecule has 9 nitrogen and oxygen atoms in total. The zero-order chi connectivity index (χ0) is 26.6. The van der Waals surface area contributed by atoms with Crippen LogP contribution in [-0.4, -0.2) is 48.1 Å². The number of alkyl carbamates (subject to hydrolysis) is 1. The van der Waals surface area contributed by atoms with Crippen LogP contribution < -0.4 is 16.0 Å². The lowest BCUT2D eigenvalue weighted by Crippen LogP contribution is -2.52. The smallest absolute Gasteiger partial charge is 0.407 e. The highest BCUT2D eigenvalue weighted by Gasteiger charge is 2.27. The van der Waals surface area contributed by atoms with Crippen molar-refractivity contribution in [1.29, 1.82) is 0 Å². The predicted octanol–water partition coefficient (Wildman–Crippen LogP) is 2.88. The van der Waals surface area contributed by atoms with Crippen molar-refractivity contribution in [3.05, 3.63) is 71.8 Å². The normalized spacial score (nSPS) is 12.6. The van der Waals surface area contributed by atoms with E-state index in [2.05, 4.69) is 16.0 Å². The number of hydrogen-bond donors (Lipinski definition) is 3. The fourth-order valence-electron chi connectivity index (χ4n) is 3.14. The summed E-state index contributed by atoms with van der Waals surface area (Å²) in [6, 6.07) is 16.6. The molecular formula is C27H35N3O6. The Hall–Kier alpha value is -3.88. The Morgan fingerprint density at radius 1 is 0.861 bits per heavy atom. The van der Waals surface area contributed by atoms with Crippen LogP contribution in [0.2, 0.25) is 0 Å². The zero-order valence-electron chi connectivity index (χ0n) is 21.2. The molecule has 0 aromatic heterocycles. The number of nitrogens with one attached hydrogen (secondary N) is 3. The standard InChI is InChI=1S/C27H35N3O6/c1-19(25(33)36-27(2,3)4)29-24(32)22(17-20-11-7-5-8-12-20)30-23(31)15-16-28-26(34)35-18-21-13-9-6-10-14-21/h5-14,19,22H,15-18H2,1-4H3,(H,28,34)(H,29,32)(H,30,31)/t19-,22-/m0/s1. The first-order valence-corrected chi connectivity index (χ1v) is 11.8. The molecule has 0 saturated heterocycles. The van der Waals surface area contributed by atoms with Gasteiger partial charge >= 0.3 is 12.1 Å². The molecule has 2 aromatic rings. The largest absolute Gasteiger partial charge is 0.458 e. The minimum absolute atomic E-state index is 0.0352. The van der Waals surface area contributed by atoms with Gasteiger partial charge in [0, 0.05) is 19.4 Å². The minimum atomic E-state index is -0.921. The first kappa shape index (κ1) is 28.4. The number of hydrogen-bond acceptors (Lipinski definition) is 6. The van der Waals surface area contributed by atoms with Crippen LogP contribution in [0, 0.1) is 0 Å². The Labute approximate surface area is 211 Å². The van der Waals surface area contributed by atoms with Gasteiger partial charge in [-0.25, -0.2) is 9.59 Å². The summed E-state index contributed by atoms with van der Waals surface area (Å²) in [7, 11) is 0. The Kier molecular flexibility index (Phi) is 10.9. The molecule has 0 bridgehead atoms. The monoisotopic (exact) mass is 497 g/mol. The summed E-state index contributed by atoms with van der Waals surface area (Å²) in [5, 5.41) is 7.83. The molecule has 0 aliphatic heterocycles. The van der Waals surface area contributed by atoms with E-state index in [1.807, 2.05) is 60.7 Å². The summed E-state index contributed by atoms with van der Waals surface area (Å²) < 4.78 is 10.4. The van der Waals surface area contributed by atoms with Crippen molar-refractivity contribution in [1.82, 2.24) is 16.0 Å². The molecule has 9 heteroatoms. The van der Waals surface area contributed by atoms with Crippen LogP contribution in [0.3, 0.4) is 0 Å². The number of rotatable bonds is 11. The van der Waals surface area contributed by atoms with Crippen LogP contribution in [0.1, 0.15) is 45.2 Å². The lowest BCUT2D eigenvalue weighted by molar-refractivity contribution is -0.158. The van der Waals surface area contributed by atoms with Crippen LogP contribution in [0.15, 0.2) is 60.7 Å². The lowest BCUT2D eigenvalue weighted by atomic mass is 10.0. The second-order valence-electron chi connectivity index (χ2n) is 9.31. The molecule has 3 amide bonds. The van der Waals surface area contributed by atoms with Crippen molar-refractivity contribution in [3.8, 4) is 0 Å². The molecule has 0 saturated carbocycles. The minimum Gasteiger partial charge on any atom is -0.458 e. The van der Waals surface area contributed by atoms with Gasteiger partial charge in [-0.15, -0.1) is 0 Å². The zero-order valence-corrected chi connectivity index (χ0v) is 21.2. The van der Waals surface area contributed by atoms with Crippen molar-refractivity contribution >= 4 is 23.9 Å². The number of carbonyl (C=O) groups excluding carboxylic acids is 4. The summed E-state index contributed by atoms with van der Waals surface area (Å²) in [5.41, 5.74) is 0.995. The lowest BCUT2D eigenvalue weighted by Gasteiger charge is -2.24. The van der Waals surface area contributed by atoms with Gasteiger partial charge in [0.1, 0.15) is 24.3 Å². The second kappa shape index (κ2) is 13.9. The van der Waals surface area contributed by atoms with Crippen molar-refractivity contribution in [3.63, 3.8) is 0 Å².